The molecule has 4 aliphatic carbocycles. The van der Waals surface area contributed by atoms with Crippen LogP contribution < -0.4 is 21.2 Å². The number of benzene rings is 4. The van der Waals surface area contributed by atoms with Crippen LogP contribution in [0, 0.1) is 17.8 Å². The zero-order valence-corrected chi connectivity index (χ0v) is 41.9. The zero-order chi connectivity index (χ0) is 39.9. The second kappa shape index (κ2) is 16.7. The minimum atomic E-state index is -2.85. The average Bonchev–Trinajstić information content (AvgIpc) is 3.13. The van der Waals surface area contributed by atoms with Crippen LogP contribution in [0.15, 0.2) is 141 Å². The summed E-state index contributed by atoms with van der Waals surface area (Å²) in [6.45, 7) is 14.7. The quantitative estimate of drug-likeness (QED) is 0.0764. The van der Waals surface area contributed by atoms with Crippen LogP contribution in [0.25, 0.3) is 0 Å². The molecular formula is C46H65Al2N3OP2Si2. The Kier molecular flexibility index (Phi) is 12.6. The van der Waals surface area contributed by atoms with Gasteiger partial charge in [-0.25, -0.2) is 0 Å². The number of rotatable bonds is 13. The average molecular weight is 848 g/mol. The van der Waals surface area contributed by atoms with E-state index in [1.165, 1.54) is 70.7 Å². The fraction of sp³-hybridized carbons (Fsp3) is 0.435. The lowest BCUT2D eigenvalue weighted by molar-refractivity contribution is -0.0588. The van der Waals surface area contributed by atoms with Gasteiger partial charge in [0.25, 0.3) is 0 Å². The fourth-order valence-electron chi connectivity index (χ4n) is 10.9. The Morgan fingerprint density at radius 1 is 0.554 bits per heavy atom. The minimum Gasteiger partial charge on any atom is -0.631 e. The molecule has 0 spiro atoms. The first-order chi connectivity index (χ1) is 26.6. The highest BCUT2D eigenvalue weighted by atomic mass is 31.2. The number of nitrogens with zero attached hydrogens (tertiary/aromatic N) is 3. The molecule has 10 heteroatoms. The SMILES string of the molecule is [CH3][Al]([CH3])[O]C(=C(P(=N[Si](C)(C)C)(c1ccccc1)c1ccccc1)P(=N[Si](C)(C)C)(c1ccccc1)c1ccccc1)[N]([Al]([CH3])[CH3])C12CC3CC(CC(C3)C1)C2. The summed E-state index contributed by atoms with van der Waals surface area (Å²) >= 11 is -3.30. The molecule has 4 fully saturated rings. The molecule has 294 valence electrons. The van der Waals surface area contributed by atoms with Crippen molar-refractivity contribution in [3.05, 3.63) is 132 Å². The van der Waals surface area contributed by atoms with E-state index in [2.05, 4.69) is 188 Å². The molecule has 0 unspecified atom stereocenters. The molecule has 4 bridgehead atoms. The Morgan fingerprint density at radius 2 is 0.857 bits per heavy atom. The molecule has 0 aromatic heterocycles. The first-order valence-electron chi connectivity index (χ1n) is 21.3. The first-order valence-corrected chi connectivity index (χ1v) is 37.3. The van der Waals surface area contributed by atoms with Crippen LogP contribution in [0.3, 0.4) is 0 Å². The van der Waals surface area contributed by atoms with Gasteiger partial charge in [-0.2, -0.15) is 0 Å². The monoisotopic (exact) mass is 847 g/mol. The molecule has 8 rings (SSSR count). The predicted molar refractivity (Wildman–Crippen MR) is 256 cm³/mol. The molecule has 56 heavy (non-hydrogen) atoms. The van der Waals surface area contributed by atoms with Gasteiger partial charge < -0.3 is 16.5 Å². The first kappa shape index (κ1) is 42.3. The Balaban J connectivity index is 1.83. The van der Waals surface area contributed by atoms with Crippen molar-refractivity contribution in [3.63, 3.8) is 0 Å². The molecule has 0 heterocycles. The highest BCUT2D eigenvalue weighted by Crippen LogP contribution is 2.75. The minimum absolute atomic E-state index is 0.114. The predicted octanol–water partition coefficient (Wildman–Crippen LogP) is 12.3. The van der Waals surface area contributed by atoms with E-state index in [1.54, 1.807) is 0 Å². The van der Waals surface area contributed by atoms with E-state index in [9.17, 15) is 0 Å². The molecule has 0 radical (unpaired) electrons. The van der Waals surface area contributed by atoms with Gasteiger partial charge in [-0.3, -0.25) is 0 Å². The molecule has 4 saturated carbocycles. The lowest BCUT2D eigenvalue weighted by atomic mass is 9.53. The van der Waals surface area contributed by atoms with E-state index in [1.807, 2.05) is 0 Å². The van der Waals surface area contributed by atoms with E-state index in [4.69, 9.17) is 12.6 Å². The van der Waals surface area contributed by atoms with Crippen LogP contribution in [0.1, 0.15) is 38.5 Å². The van der Waals surface area contributed by atoms with E-state index in [-0.39, 0.29) is 5.54 Å². The number of hydrogen-bond acceptors (Lipinski definition) is 4. The van der Waals surface area contributed by atoms with Crippen LogP contribution in [0.2, 0.25) is 62.4 Å². The second-order valence-corrected chi connectivity index (χ2v) is 40.7. The van der Waals surface area contributed by atoms with Gasteiger partial charge >= 0.3 is 28.9 Å². The summed E-state index contributed by atoms with van der Waals surface area (Å²) in [6, 6.07) is 46.1. The normalized spacial score (nSPS) is 21.9. The summed E-state index contributed by atoms with van der Waals surface area (Å²) < 4.78 is 24.2. The van der Waals surface area contributed by atoms with Crippen molar-refractivity contribution < 1.29 is 3.79 Å². The van der Waals surface area contributed by atoms with Gasteiger partial charge in [-0.15, -0.1) is 0 Å². The molecule has 0 N–H and O–H groups in total. The van der Waals surface area contributed by atoms with Crippen LogP contribution in [0.4, 0.5) is 0 Å². The smallest absolute Gasteiger partial charge is 0.540 e. The van der Waals surface area contributed by atoms with Crippen LogP contribution in [0.5, 0.6) is 0 Å². The summed E-state index contributed by atoms with van der Waals surface area (Å²) in [5, 5.41) is 6.74. The topological polar surface area (TPSA) is 37.2 Å². The molecule has 0 aliphatic heterocycles. The van der Waals surface area contributed by atoms with Gasteiger partial charge in [-0.1, -0.05) is 184 Å². The maximum absolute atomic E-state index is 8.00. The maximum atomic E-state index is 8.00. The van der Waals surface area contributed by atoms with Crippen LogP contribution in [-0.4, -0.2) is 54.7 Å². The number of hydrogen-bond donors (Lipinski definition) is 0. The third kappa shape index (κ3) is 8.45. The van der Waals surface area contributed by atoms with Gasteiger partial charge in [0.05, 0.1) is 19.2 Å². The summed E-state index contributed by atoms with van der Waals surface area (Å²) in [5.41, 5.74) is 0.114. The summed E-state index contributed by atoms with van der Waals surface area (Å²) in [6.07, 6.45) is 8.15. The van der Waals surface area contributed by atoms with Crippen molar-refractivity contribution in [2.75, 3.05) is 0 Å². The van der Waals surface area contributed by atoms with Gasteiger partial charge in [-0.05, 0) is 77.5 Å². The van der Waals surface area contributed by atoms with Crippen molar-refractivity contribution in [1.82, 2.24) is 3.88 Å². The molecule has 4 aromatic carbocycles. The van der Waals surface area contributed by atoms with E-state index < -0.39 is 59.4 Å². The van der Waals surface area contributed by atoms with Gasteiger partial charge in [0.15, 0.2) is 16.5 Å². The Hall–Kier alpha value is -1.82. The van der Waals surface area contributed by atoms with E-state index >= 15 is 0 Å². The highest BCUT2D eigenvalue weighted by molar-refractivity contribution is 8.02. The van der Waals surface area contributed by atoms with Crippen molar-refractivity contribution in [2.45, 2.75) is 106 Å². The maximum Gasteiger partial charge on any atom is 0.540 e. The van der Waals surface area contributed by atoms with Crippen molar-refractivity contribution in [1.29, 1.82) is 0 Å². The van der Waals surface area contributed by atoms with Crippen molar-refractivity contribution in [2.24, 2.45) is 26.6 Å². The highest BCUT2D eigenvalue weighted by Gasteiger charge is 2.57. The molecular weight excluding hydrogens is 783 g/mol. The zero-order valence-electron chi connectivity index (χ0n) is 35.8. The third-order valence-corrected chi connectivity index (χ3v) is 29.1. The summed E-state index contributed by atoms with van der Waals surface area (Å²) in [7, 11) is -10.1. The molecule has 0 amide bonds. The third-order valence-electron chi connectivity index (χ3n) is 11.8. The lowest BCUT2D eigenvalue weighted by Crippen LogP contribution is -2.63. The molecule has 4 aromatic rings. The molecule has 4 nitrogen and oxygen atoms in total. The van der Waals surface area contributed by atoms with Crippen LogP contribution >= 0.6 is 14.1 Å². The fourth-order valence-corrected chi connectivity index (χ4v) is 32.7. The summed E-state index contributed by atoms with van der Waals surface area (Å²) in [4.78, 5) is 0. The molecule has 0 saturated heterocycles. The van der Waals surface area contributed by atoms with Gasteiger partial charge in [0.2, 0.25) is 0 Å². The Bertz CT molecular complexity index is 1880. The van der Waals surface area contributed by atoms with E-state index in [0.29, 0.717) is 0 Å². The van der Waals surface area contributed by atoms with E-state index in [0.717, 1.165) is 17.8 Å². The Labute approximate surface area is 351 Å². The molecule has 4 aliphatic rings. The van der Waals surface area contributed by atoms with Gasteiger partial charge in [0, 0.05) is 5.54 Å². The Morgan fingerprint density at radius 3 is 1.11 bits per heavy atom. The standard InChI is InChI=1S/C42H54N3OP2Si2.4CH3.2Al/c1-49(2,3)44-47(36-19-11-7-12-20-36,37-21-13-8-14-22-37)41(40(46)43-42-30-33-27-34(31-42)29-35(28-33)32-42)48(45-50(4,5)6,38-23-15-9-16-24-38)39-25-17-10-18-26-39;;;;;;/h7-26,33-35,46H,27-32H2,1-6H3;4*1H3;;/q-1;;;;;2*+1/p-1. The van der Waals surface area contributed by atoms with Crippen molar-refractivity contribution in [3.8, 4) is 0 Å². The second-order valence-electron chi connectivity index (χ2n) is 19.6. The molecule has 0 atom stereocenters. The van der Waals surface area contributed by atoms with Crippen molar-refractivity contribution >= 4 is 80.6 Å². The van der Waals surface area contributed by atoms with Gasteiger partial charge in [0.1, 0.15) is 5.88 Å². The largest absolute Gasteiger partial charge is 0.631 e. The lowest BCUT2D eigenvalue weighted by Gasteiger charge is -2.63. The summed E-state index contributed by atoms with van der Waals surface area (Å²) in [5.74, 6) is 13.7. The van der Waals surface area contributed by atoms with Crippen LogP contribution in [-0.2, 0) is 3.79 Å².